The second kappa shape index (κ2) is 9.67. The van der Waals surface area contributed by atoms with Crippen LogP contribution in [0.1, 0.15) is 55.5 Å². The zero-order valence-corrected chi connectivity index (χ0v) is 18.8. The monoisotopic (exact) mass is 465 g/mol. The summed E-state index contributed by atoms with van der Waals surface area (Å²) in [7, 11) is 0. The van der Waals surface area contributed by atoms with Crippen LogP contribution in [-0.2, 0) is 10.4 Å². The number of aliphatic imine (C=N–C) groups is 1. The topological polar surface area (TPSA) is 96.0 Å². The van der Waals surface area contributed by atoms with Crippen LogP contribution < -0.4 is 5.73 Å². The van der Waals surface area contributed by atoms with Gasteiger partial charge in [-0.3, -0.25) is 14.6 Å². The first-order valence-electron chi connectivity index (χ1n) is 11.2. The van der Waals surface area contributed by atoms with E-state index in [1.54, 1.807) is 11.1 Å². The van der Waals surface area contributed by atoms with Gasteiger partial charge in [0.2, 0.25) is 5.91 Å². The molecule has 3 N–H and O–H groups in total. The number of allylic oxidation sites excluding steroid dienone is 1. The van der Waals surface area contributed by atoms with E-state index in [1.165, 1.54) is 12.1 Å². The minimum absolute atomic E-state index is 0.000177. The van der Waals surface area contributed by atoms with Gasteiger partial charge in [0.15, 0.2) is 5.60 Å². The van der Waals surface area contributed by atoms with Gasteiger partial charge in [0.25, 0.3) is 5.91 Å². The molecule has 180 valence electrons. The molecule has 9 heteroatoms. The van der Waals surface area contributed by atoms with Crippen molar-refractivity contribution < 1.29 is 27.9 Å². The largest absolute Gasteiger partial charge is 0.421 e. The summed E-state index contributed by atoms with van der Waals surface area (Å²) in [4.78, 5) is 30.8. The first kappa shape index (κ1) is 25.0. The Labute approximate surface area is 191 Å². The van der Waals surface area contributed by atoms with E-state index in [0.29, 0.717) is 13.5 Å². The van der Waals surface area contributed by atoms with Gasteiger partial charge in [-0.15, -0.1) is 0 Å². The Bertz CT molecular complexity index is 917. The van der Waals surface area contributed by atoms with Crippen LogP contribution in [0.25, 0.3) is 0 Å². The van der Waals surface area contributed by atoms with Crippen molar-refractivity contribution in [3.05, 3.63) is 47.5 Å². The van der Waals surface area contributed by atoms with Crippen molar-refractivity contribution >= 4 is 18.0 Å². The van der Waals surface area contributed by atoms with E-state index in [9.17, 15) is 27.9 Å². The number of benzene rings is 1. The Balaban J connectivity index is 1.67. The Morgan fingerprint density at radius 2 is 1.76 bits per heavy atom. The molecule has 0 saturated heterocycles. The third kappa shape index (κ3) is 5.13. The van der Waals surface area contributed by atoms with Crippen LogP contribution in [0.5, 0.6) is 0 Å². The van der Waals surface area contributed by atoms with Gasteiger partial charge >= 0.3 is 6.18 Å². The highest BCUT2D eigenvalue weighted by molar-refractivity contribution is 5.94. The molecule has 2 unspecified atom stereocenters. The summed E-state index contributed by atoms with van der Waals surface area (Å²) >= 11 is 0. The molecule has 0 aromatic heterocycles. The number of carbonyl (C=O) groups is 2. The molecule has 2 amide bonds. The lowest BCUT2D eigenvalue weighted by molar-refractivity contribution is -0.258. The first-order valence-corrected chi connectivity index (χ1v) is 11.2. The molecule has 1 heterocycles. The Kier molecular flexibility index (Phi) is 7.31. The molecule has 33 heavy (non-hydrogen) atoms. The number of aliphatic hydroxyl groups is 1. The zero-order chi connectivity index (χ0) is 24.4. The highest BCUT2D eigenvalue weighted by Gasteiger charge is 2.51. The summed E-state index contributed by atoms with van der Waals surface area (Å²) in [5.41, 5.74) is 2.48. The average Bonchev–Trinajstić information content (AvgIpc) is 2.79. The van der Waals surface area contributed by atoms with Crippen LogP contribution in [0.3, 0.4) is 0 Å². The SMILES string of the molecule is CCN(C(=O)c1ccc([C@](C)(O)C(F)(F)F)cc1)[C@H]1CC[C@H](C2C=CC=NC2C(N)=O)CC1. The van der Waals surface area contributed by atoms with Crippen molar-refractivity contribution in [2.75, 3.05) is 6.54 Å². The summed E-state index contributed by atoms with van der Waals surface area (Å²) in [6.45, 7) is 3.03. The number of hydrogen-bond acceptors (Lipinski definition) is 4. The van der Waals surface area contributed by atoms with Gasteiger partial charge in [-0.05, 0) is 69.2 Å². The molecule has 0 spiro atoms. The molecule has 6 nitrogen and oxygen atoms in total. The summed E-state index contributed by atoms with van der Waals surface area (Å²) in [6.07, 6.45) is 3.72. The number of nitrogens with zero attached hydrogens (tertiary/aromatic N) is 2. The molecular formula is C24H30F3N3O3. The third-order valence-electron chi connectivity index (χ3n) is 6.90. The van der Waals surface area contributed by atoms with Crippen LogP contribution in [0.4, 0.5) is 13.2 Å². The number of carbonyl (C=O) groups excluding carboxylic acids is 2. The number of primary amides is 1. The lowest BCUT2D eigenvalue weighted by Crippen LogP contribution is -2.44. The number of amides is 2. The summed E-state index contributed by atoms with van der Waals surface area (Å²) in [5, 5.41) is 9.83. The first-order chi connectivity index (χ1) is 15.5. The molecule has 3 atom stereocenters. The maximum absolute atomic E-state index is 13.1. The van der Waals surface area contributed by atoms with Gasteiger partial charge in [-0.1, -0.05) is 18.2 Å². The highest BCUT2D eigenvalue weighted by atomic mass is 19.4. The fourth-order valence-corrected chi connectivity index (χ4v) is 4.84. The summed E-state index contributed by atoms with van der Waals surface area (Å²) < 4.78 is 39.2. The molecule has 1 saturated carbocycles. The van der Waals surface area contributed by atoms with Crippen molar-refractivity contribution in [1.82, 2.24) is 4.90 Å². The van der Waals surface area contributed by atoms with Gasteiger partial charge in [0.1, 0.15) is 6.04 Å². The quantitative estimate of drug-likeness (QED) is 0.672. The van der Waals surface area contributed by atoms with Crippen LogP contribution >= 0.6 is 0 Å². The van der Waals surface area contributed by atoms with Crippen molar-refractivity contribution in [3.63, 3.8) is 0 Å². The van der Waals surface area contributed by atoms with Gasteiger partial charge in [-0.2, -0.15) is 13.2 Å². The number of dihydropyridines is 1. The molecular weight excluding hydrogens is 435 g/mol. The number of nitrogens with two attached hydrogens (primary N) is 1. The van der Waals surface area contributed by atoms with Crippen LogP contribution in [0.15, 0.2) is 41.4 Å². The van der Waals surface area contributed by atoms with E-state index in [0.717, 1.165) is 37.8 Å². The van der Waals surface area contributed by atoms with E-state index in [-0.39, 0.29) is 34.9 Å². The Hall–Kier alpha value is -2.68. The van der Waals surface area contributed by atoms with Crippen molar-refractivity contribution in [2.45, 2.75) is 63.4 Å². The van der Waals surface area contributed by atoms with Crippen LogP contribution in [0, 0.1) is 11.8 Å². The molecule has 1 aliphatic carbocycles. The molecule has 1 fully saturated rings. The highest BCUT2D eigenvalue weighted by Crippen LogP contribution is 2.39. The molecule has 1 aliphatic heterocycles. The molecule has 0 radical (unpaired) electrons. The maximum atomic E-state index is 13.1. The number of alkyl halides is 3. The molecule has 1 aromatic rings. The molecule has 3 rings (SSSR count). The minimum Gasteiger partial charge on any atom is -0.376 e. The van der Waals surface area contributed by atoms with Crippen molar-refractivity contribution in [3.8, 4) is 0 Å². The van der Waals surface area contributed by atoms with Gasteiger partial charge in [0, 0.05) is 30.3 Å². The smallest absolute Gasteiger partial charge is 0.376 e. The maximum Gasteiger partial charge on any atom is 0.421 e. The molecule has 1 aromatic carbocycles. The molecule has 0 bridgehead atoms. The van der Waals surface area contributed by atoms with Crippen LogP contribution in [-0.4, -0.2) is 52.8 Å². The van der Waals surface area contributed by atoms with E-state index in [1.807, 2.05) is 19.1 Å². The zero-order valence-electron chi connectivity index (χ0n) is 18.8. The van der Waals surface area contributed by atoms with E-state index >= 15 is 0 Å². The lowest BCUT2D eigenvalue weighted by atomic mass is 9.74. The second-order valence-electron chi connectivity index (χ2n) is 8.91. The van der Waals surface area contributed by atoms with E-state index in [2.05, 4.69) is 4.99 Å². The van der Waals surface area contributed by atoms with Crippen LogP contribution in [0.2, 0.25) is 0 Å². The van der Waals surface area contributed by atoms with Gasteiger partial charge in [0.05, 0.1) is 0 Å². The third-order valence-corrected chi connectivity index (χ3v) is 6.90. The normalized spacial score (nSPS) is 27.1. The molecule has 2 aliphatic rings. The predicted octanol–water partition coefficient (Wildman–Crippen LogP) is 3.59. The average molecular weight is 466 g/mol. The van der Waals surface area contributed by atoms with E-state index in [4.69, 9.17) is 5.73 Å². The Morgan fingerprint density at radius 1 is 1.15 bits per heavy atom. The lowest BCUT2D eigenvalue weighted by Gasteiger charge is -2.39. The van der Waals surface area contributed by atoms with E-state index < -0.39 is 23.7 Å². The fourth-order valence-electron chi connectivity index (χ4n) is 4.84. The predicted molar refractivity (Wildman–Crippen MR) is 119 cm³/mol. The minimum atomic E-state index is -4.82. The number of hydrogen-bond donors (Lipinski definition) is 2. The van der Waals surface area contributed by atoms with Crippen molar-refractivity contribution in [2.24, 2.45) is 22.6 Å². The summed E-state index contributed by atoms with van der Waals surface area (Å²) in [5.74, 6) is -0.504. The Morgan fingerprint density at radius 3 is 2.27 bits per heavy atom. The number of rotatable bonds is 6. The standard InChI is InChI=1S/C24H30F3N3O3/c1-3-30(22(32)16-6-10-17(11-7-16)23(2,33)24(25,26)27)18-12-8-15(9-13-18)19-5-4-14-29-20(19)21(28)31/h4-7,10-11,14-15,18-20,33H,3,8-9,12-13H2,1-2H3,(H2,28,31)/t15-,18-,19?,20?,23-/m0/s1. The van der Waals surface area contributed by atoms with Gasteiger partial charge in [-0.25, -0.2) is 0 Å². The van der Waals surface area contributed by atoms with Crippen molar-refractivity contribution in [1.29, 1.82) is 0 Å². The second-order valence-corrected chi connectivity index (χ2v) is 8.91. The fraction of sp³-hybridized carbons (Fsp3) is 0.542. The number of halogens is 3. The van der Waals surface area contributed by atoms with Gasteiger partial charge < -0.3 is 15.7 Å². The summed E-state index contributed by atoms with van der Waals surface area (Å²) in [6, 6.07) is 4.38.